The second-order valence-corrected chi connectivity index (χ2v) is 6.27. The van der Waals surface area contributed by atoms with Crippen LogP contribution < -0.4 is 5.32 Å². The Morgan fingerprint density at radius 3 is 2.37 bits per heavy atom. The fourth-order valence-corrected chi connectivity index (χ4v) is 2.68. The molecule has 0 aliphatic rings. The summed E-state index contributed by atoms with van der Waals surface area (Å²) in [5.74, 6) is -3.82. The maximum atomic E-state index is 13.9. The highest BCUT2D eigenvalue weighted by Crippen LogP contribution is 2.23. The van der Waals surface area contributed by atoms with E-state index in [4.69, 9.17) is 0 Å². The van der Waals surface area contributed by atoms with Crippen LogP contribution in [0.2, 0.25) is 0 Å². The minimum Gasteiger partial charge on any atom is -0.393 e. The fraction of sp³-hybridized carbons (Fsp3) is 0.278. The summed E-state index contributed by atoms with van der Waals surface area (Å²) in [7, 11) is 0. The number of nitrogens with one attached hydrogen (secondary N) is 1. The third kappa shape index (κ3) is 4.08. The molecule has 3 rings (SSSR count). The van der Waals surface area contributed by atoms with E-state index in [1.807, 2.05) is 13.8 Å². The highest BCUT2D eigenvalue weighted by Gasteiger charge is 2.18. The quantitative estimate of drug-likeness (QED) is 0.667. The van der Waals surface area contributed by atoms with Gasteiger partial charge in [-0.05, 0) is 45.0 Å². The molecule has 1 atom stereocenters. The highest BCUT2D eigenvalue weighted by molar-refractivity contribution is 5.54. The smallest absolute Gasteiger partial charge is 0.247 e. The number of rotatable bonds is 5. The molecule has 27 heavy (non-hydrogen) atoms. The largest absolute Gasteiger partial charge is 0.393 e. The zero-order valence-electron chi connectivity index (χ0n) is 15.0. The van der Waals surface area contributed by atoms with Crippen LogP contribution in [-0.2, 0) is 6.42 Å². The van der Waals surface area contributed by atoms with Gasteiger partial charge in [-0.25, -0.2) is 17.9 Å². The highest BCUT2D eigenvalue weighted by atomic mass is 19.2. The Kier molecular flexibility index (Phi) is 5.13. The normalized spacial score (nSPS) is 12.3. The maximum absolute atomic E-state index is 13.9. The molecule has 6 nitrogen and oxygen atoms in total. The van der Waals surface area contributed by atoms with Crippen LogP contribution in [0.25, 0.3) is 5.69 Å². The van der Waals surface area contributed by atoms with Crippen molar-refractivity contribution >= 4 is 11.6 Å². The van der Waals surface area contributed by atoms with Crippen molar-refractivity contribution < 1.29 is 18.3 Å². The topological polar surface area (TPSA) is 75.9 Å². The van der Waals surface area contributed by atoms with E-state index in [0.29, 0.717) is 11.5 Å². The molecule has 0 radical (unpaired) electrons. The summed E-state index contributed by atoms with van der Waals surface area (Å²) in [4.78, 5) is 8.55. The van der Waals surface area contributed by atoms with Gasteiger partial charge in [0, 0.05) is 17.8 Å². The van der Waals surface area contributed by atoms with E-state index in [9.17, 15) is 18.3 Å². The van der Waals surface area contributed by atoms with Crippen LogP contribution in [0, 0.1) is 31.3 Å². The lowest BCUT2D eigenvalue weighted by molar-refractivity contribution is 0.192. The number of hydrogen-bond acceptors (Lipinski definition) is 5. The summed E-state index contributed by atoms with van der Waals surface area (Å²) < 4.78 is 41.9. The summed E-state index contributed by atoms with van der Waals surface area (Å²) in [6.45, 7) is 5.26. The van der Waals surface area contributed by atoms with Gasteiger partial charge in [-0.1, -0.05) is 0 Å². The molecule has 0 amide bonds. The lowest BCUT2D eigenvalue weighted by Crippen LogP contribution is -2.11. The lowest BCUT2D eigenvalue weighted by Gasteiger charge is -2.08. The van der Waals surface area contributed by atoms with Gasteiger partial charge >= 0.3 is 0 Å². The van der Waals surface area contributed by atoms with Gasteiger partial charge in [-0.2, -0.15) is 4.98 Å². The third-order valence-corrected chi connectivity index (χ3v) is 3.74. The molecule has 142 valence electrons. The summed E-state index contributed by atoms with van der Waals surface area (Å²) >= 11 is 0. The molecule has 1 aromatic carbocycles. The molecule has 0 unspecified atom stereocenters. The molecule has 9 heteroatoms. The van der Waals surface area contributed by atoms with Crippen LogP contribution in [0.4, 0.5) is 24.8 Å². The Morgan fingerprint density at radius 1 is 1.07 bits per heavy atom. The number of aryl methyl sites for hydroxylation is 2. The van der Waals surface area contributed by atoms with Gasteiger partial charge in [-0.15, -0.1) is 5.10 Å². The average Bonchev–Trinajstić information content (AvgIpc) is 2.96. The molecule has 2 N–H and O–H groups in total. The second-order valence-electron chi connectivity index (χ2n) is 6.27. The van der Waals surface area contributed by atoms with Crippen molar-refractivity contribution in [3.63, 3.8) is 0 Å². The number of aromatic nitrogens is 4. The van der Waals surface area contributed by atoms with Gasteiger partial charge in [0.1, 0.15) is 5.82 Å². The van der Waals surface area contributed by atoms with E-state index >= 15 is 0 Å². The number of hydrogen-bond donors (Lipinski definition) is 2. The van der Waals surface area contributed by atoms with Crippen LogP contribution in [0.5, 0.6) is 0 Å². The van der Waals surface area contributed by atoms with E-state index in [-0.39, 0.29) is 18.1 Å². The molecule has 0 saturated heterocycles. The Morgan fingerprint density at radius 2 is 1.74 bits per heavy atom. The number of aliphatic hydroxyl groups is 1. The van der Waals surface area contributed by atoms with Crippen LogP contribution in [0.15, 0.2) is 24.3 Å². The minimum absolute atomic E-state index is 0.0114. The second kappa shape index (κ2) is 7.36. The van der Waals surface area contributed by atoms with Gasteiger partial charge in [0.2, 0.25) is 5.95 Å². The van der Waals surface area contributed by atoms with Crippen molar-refractivity contribution in [3.05, 3.63) is 58.9 Å². The lowest BCUT2D eigenvalue weighted by atomic mass is 10.2. The monoisotopic (exact) mass is 377 g/mol. The van der Waals surface area contributed by atoms with Crippen molar-refractivity contribution in [2.45, 2.75) is 33.3 Å². The summed E-state index contributed by atoms with van der Waals surface area (Å²) in [6.07, 6.45) is -0.500. The zero-order chi connectivity index (χ0) is 19.7. The van der Waals surface area contributed by atoms with Crippen LogP contribution in [-0.4, -0.2) is 31.0 Å². The average molecular weight is 377 g/mol. The van der Waals surface area contributed by atoms with E-state index in [1.54, 1.807) is 19.1 Å². The Labute approximate surface area is 153 Å². The molecule has 0 aliphatic heterocycles. The number of benzene rings is 1. The van der Waals surface area contributed by atoms with Crippen molar-refractivity contribution in [1.29, 1.82) is 0 Å². The molecule has 3 aromatic rings. The fourth-order valence-electron chi connectivity index (χ4n) is 2.68. The van der Waals surface area contributed by atoms with E-state index in [0.717, 1.165) is 23.5 Å². The van der Waals surface area contributed by atoms with Gasteiger partial charge in [0.05, 0.1) is 17.5 Å². The molecule has 2 aromatic heterocycles. The summed E-state index contributed by atoms with van der Waals surface area (Å²) in [6, 6.07) is 5.44. The molecule has 0 aliphatic carbocycles. The van der Waals surface area contributed by atoms with Crippen LogP contribution in [0.3, 0.4) is 0 Å². The predicted molar refractivity (Wildman–Crippen MR) is 93.6 cm³/mol. The summed E-state index contributed by atoms with van der Waals surface area (Å²) in [5, 5.41) is 16.6. The number of aliphatic hydroxyl groups excluding tert-OH is 1. The first-order chi connectivity index (χ1) is 12.7. The van der Waals surface area contributed by atoms with Crippen molar-refractivity contribution in [2.24, 2.45) is 0 Å². The standard InChI is InChI=1S/C18H18F3N5O/c1-9-6-12(7-10(2)22-9)26-15(8-11(3)27)24-18(25-26)23-14-5-4-13(19)16(20)17(14)21/h4-7,11,27H,8H2,1-3H3,(H,23,25)/t11-/m0/s1. The van der Waals surface area contributed by atoms with Crippen molar-refractivity contribution in [3.8, 4) is 5.69 Å². The van der Waals surface area contributed by atoms with Crippen LogP contribution >= 0.6 is 0 Å². The van der Waals surface area contributed by atoms with Gasteiger partial charge in [0.25, 0.3) is 0 Å². The molecule has 0 fully saturated rings. The molecule has 0 spiro atoms. The van der Waals surface area contributed by atoms with Gasteiger partial charge in [-0.3, -0.25) is 4.98 Å². The number of halogens is 3. The first kappa shape index (κ1) is 18.8. The molecular formula is C18H18F3N5O. The molecule has 0 saturated carbocycles. The Hall–Kier alpha value is -2.94. The van der Waals surface area contributed by atoms with Gasteiger partial charge in [0.15, 0.2) is 17.5 Å². The maximum Gasteiger partial charge on any atom is 0.247 e. The van der Waals surface area contributed by atoms with Crippen molar-refractivity contribution in [2.75, 3.05) is 5.32 Å². The van der Waals surface area contributed by atoms with Crippen molar-refractivity contribution in [1.82, 2.24) is 19.7 Å². The van der Waals surface area contributed by atoms with E-state index < -0.39 is 23.6 Å². The van der Waals surface area contributed by atoms with Crippen LogP contribution in [0.1, 0.15) is 24.1 Å². The van der Waals surface area contributed by atoms with E-state index in [1.165, 1.54) is 4.68 Å². The minimum atomic E-state index is -1.58. The predicted octanol–water partition coefficient (Wildman–Crippen LogP) is 3.36. The first-order valence-corrected chi connectivity index (χ1v) is 8.24. The molecule has 2 heterocycles. The number of anilines is 2. The van der Waals surface area contributed by atoms with Gasteiger partial charge < -0.3 is 10.4 Å². The number of pyridine rings is 1. The molecular weight excluding hydrogens is 359 g/mol. The zero-order valence-corrected chi connectivity index (χ0v) is 15.0. The Bertz CT molecular complexity index is 967. The third-order valence-electron chi connectivity index (χ3n) is 3.74. The summed E-state index contributed by atoms with van der Waals surface area (Å²) in [5.41, 5.74) is 1.91. The first-order valence-electron chi connectivity index (χ1n) is 8.24. The Balaban J connectivity index is 2.03. The van der Waals surface area contributed by atoms with E-state index in [2.05, 4.69) is 20.4 Å². The number of nitrogens with zero attached hydrogens (tertiary/aromatic N) is 4. The SMILES string of the molecule is Cc1cc(-n2nc(Nc3ccc(F)c(F)c3F)nc2C[C@H](C)O)cc(C)n1. The molecule has 0 bridgehead atoms.